The fourth-order valence-corrected chi connectivity index (χ4v) is 3.57. The van der Waals surface area contributed by atoms with E-state index in [1.165, 1.54) is 12.4 Å². The van der Waals surface area contributed by atoms with Gasteiger partial charge in [0.15, 0.2) is 0 Å². The van der Waals surface area contributed by atoms with Gasteiger partial charge in [0.2, 0.25) is 23.6 Å². The fourth-order valence-electron chi connectivity index (χ4n) is 3.57. The van der Waals surface area contributed by atoms with Crippen molar-refractivity contribution in [2.75, 3.05) is 23.7 Å². The van der Waals surface area contributed by atoms with Gasteiger partial charge in [0, 0.05) is 24.2 Å². The molecule has 1 aliphatic rings. The van der Waals surface area contributed by atoms with Gasteiger partial charge in [-0.25, -0.2) is 0 Å². The van der Waals surface area contributed by atoms with Crippen LogP contribution in [0.4, 0.5) is 11.4 Å². The molecule has 4 N–H and O–H groups in total. The molecule has 0 aliphatic heterocycles. The number of carbonyl (C=O) groups excluding carboxylic acids is 4. The maximum Gasteiger partial charge on any atom is 0.243 e. The number of hydrogen-bond donors (Lipinski definition) is 4. The molecule has 2 unspecified atom stereocenters. The summed E-state index contributed by atoms with van der Waals surface area (Å²) in [6, 6.07) is 6.80. The van der Waals surface area contributed by atoms with Gasteiger partial charge < -0.3 is 21.3 Å². The third kappa shape index (κ3) is 7.15. The van der Waals surface area contributed by atoms with Crippen LogP contribution in [0.5, 0.6) is 0 Å². The SMILES string of the molecule is O=C(CNC(=O)C1CCCC(C(=O)NCC(=O)Nc2cccnc2)C1)Nc1cccnc1. The molecule has 10 nitrogen and oxygen atoms in total. The molecule has 32 heavy (non-hydrogen) atoms. The minimum atomic E-state index is -0.352. The first-order chi connectivity index (χ1) is 15.5. The Morgan fingerprint density at radius 3 is 1.66 bits per heavy atom. The molecule has 2 aromatic heterocycles. The third-order valence-corrected chi connectivity index (χ3v) is 5.15. The van der Waals surface area contributed by atoms with Crippen LogP contribution < -0.4 is 21.3 Å². The number of rotatable bonds is 8. The van der Waals surface area contributed by atoms with Gasteiger partial charge in [0.05, 0.1) is 36.9 Å². The number of carbonyl (C=O) groups is 4. The molecule has 1 saturated carbocycles. The first kappa shape index (κ1) is 22.9. The zero-order chi connectivity index (χ0) is 22.8. The first-order valence-corrected chi connectivity index (χ1v) is 10.5. The van der Waals surface area contributed by atoms with Crippen molar-refractivity contribution in [2.24, 2.45) is 11.8 Å². The molecule has 0 radical (unpaired) electrons. The fraction of sp³-hybridized carbons (Fsp3) is 0.364. The molecule has 2 atom stereocenters. The molecule has 1 aliphatic carbocycles. The van der Waals surface area contributed by atoms with Gasteiger partial charge in [-0.05, 0) is 43.5 Å². The van der Waals surface area contributed by atoms with Crippen LogP contribution in [0.15, 0.2) is 49.1 Å². The van der Waals surface area contributed by atoms with Crippen LogP contribution in [0.3, 0.4) is 0 Å². The lowest BCUT2D eigenvalue weighted by molar-refractivity contribution is -0.132. The van der Waals surface area contributed by atoms with Crippen molar-refractivity contribution in [1.82, 2.24) is 20.6 Å². The van der Waals surface area contributed by atoms with Gasteiger partial charge in [-0.15, -0.1) is 0 Å². The molecule has 0 aromatic carbocycles. The van der Waals surface area contributed by atoms with E-state index in [1.54, 1.807) is 36.7 Å². The topological polar surface area (TPSA) is 142 Å². The van der Waals surface area contributed by atoms with E-state index in [-0.39, 0.29) is 48.6 Å². The van der Waals surface area contributed by atoms with Gasteiger partial charge in [-0.3, -0.25) is 29.1 Å². The number of hydrogen-bond acceptors (Lipinski definition) is 6. The number of pyridine rings is 2. The summed E-state index contributed by atoms with van der Waals surface area (Å²) in [6.07, 6.45) is 8.64. The van der Waals surface area contributed by atoms with E-state index < -0.39 is 0 Å². The van der Waals surface area contributed by atoms with E-state index in [2.05, 4.69) is 31.2 Å². The van der Waals surface area contributed by atoms with Crippen LogP contribution in [-0.4, -0.2) is 46.7 Å². The van der Waals surface area contributed by atoms with E-state index in [0.717, 1.165) is 6.42 Å². The number of nitrogens with zero attached hydrogens (tertiary/aromatic N) is 2. The highest BCUT2D eigenvalue weighted by Crippen LogP contribution is 2.29. The minimum absolute atomic E-state index is 0.157. The second kappa shape index (κ2) is 11.5. The van der Waals surface area contributed by atoms with E-state index in [1.807, 2.05) is 0 Å². The quantitative estimate of drug-likeness (QED) is 0.486. The lowest BCUT2D eigenvalue weighted by Gasteiger charge is -2.27. The number of anilines is 2. The number of amides is 4. The van der Waals surface area contributed by atoms with Crippen LogP contribution in [0.1, 0.15) is 25.7 Å². The zero-order valence-corrected chi connectivity index (χ0v) is 17.5. The maximum absolute atomic E-state index is 12.5. The van der Waals surface area contributed by atoms with Gasteiger partial charge >= 0.3 is 0 Å². The summed E-state index contributed by atoms with van der Waals surface area (Å²) in [5.74, 6) is -1.91. The van der Waals surface area contributed by atoms with Crippen LogP contribution in [0, 0.1) is 11.8 Å². The molecule has 10 heteroatoms. The maximum atomic E-state index is 12.5. The standard InChI is InChI=1S/C22H26N6O4/c29-19(27-17-6-2-8-23-11-17)13-25-21(31)15-4-1-5-16(10-15)22(32)26-14-20(30)28-18-7-3-9-24-12-18/h2-3,6-9,11-12,15-16H,1,4-5,10,13-14H2,(H,25,31)(H,26,32)(H,27,29)(H,28,30). The highest BCUT2D eigenvalue weighted by molar-refractivity contribution is 5.95. The normalized spacial score (nSPS) is 17.6. The Morgan fingerprint density at radius 1 is 0.781 bits per heavy atom. The van der Waals surface area contributed by atoms with Crippen molar-refractivity contribution >= 4 is 35.0 Å². The van der Waals surface area contributed by atoms with E-state index in [9.17, 15) is 19.2 Å². The van der Waals surface area contributed by atoms with E-state index >= 15 is 0 Å². The minimum Gasteiger partial charge on any atom is -0.347 e. The third-order valence-electron chi connectivity index (χ3n) is 5.15. The van der Waals surface area contributed by atoms with Crippen LogP contribution in [-0.2, 0) is 19.2 Å². The van der Waals surface area contributed by atoms with Gasteiger partial charge in [0.1, 0.15) is 0 Å². The summed E-state index contributed by atoms with van der Waals surface area (Å²) in [5, 5.41) is 10.6. The number of aromatic nitrogens is 2. The molecule has 168 valence electrons. The van der Waals surface area contributed by atoms with E-state index in [4.69, 9.17) is 0 Å². The average Bonchev–Trinajstić information content (AvgIpc) is 2.82. The highest BCUT2D eigenvalue weighted by Gasteiger charge is 2.31. The van der Waals surface area contributed by atoms with Gasteiger partial charge in [-0.2, -0.15) is 0 Å². The predicted molar refractivity (Wildman–Crippen MR) is 117 cm³/mol. The Morgan fingerprint density at radius 2 is 1.25 bits per heavy atom. The predicted octanol–water partition coefficient (Wildman–Crippen LogP) is 1.09. The molecule has 2 heterocycles. The lowest BCUT2D eigenvalue weighted by atomic mass is 9.80. The van der Waals surface area contributed by atoms with Crippen molar-refractivity contribution in [3.05, 3.63) is 49.1 Å². The summed E-state index contributed by atoms with van der Waals surface area (Å²) < 4.78 is 0. The molecule has 4 amide bonds. The Labute approximate surface area is 185 Å². The first-order valence-electron chi connectivity index (χ1n) is 10.5. The number of nitrogens with one attached hydrogen (secondary N) is 4. The second-order valence-electron chi connectivity index (χ2n) is 7.58. The van der Waals surface area contributed by atoms with Crippen molar-refractivity contribution in [1.29, 1.82) is 0 Å². The van der Waals surface area contributed by atoms with Crippen molar-refractivity contribution in [2.45, 2.75) is 25.7 Å². The molecular formula is C22H26N6O4. The van der Waals surface area contributed by atoms with E-state index in [0.29, 0.717) is 30.6 Å². The highest BCUT2D eigenvalue weighted by atomic mass is 16.2. The molecule has 2 aromatic rings. The van der Waals surface area contributed by atoms with Crippen molar-refractivity contribution in [3.8, 4) is 0 Å². The zero-order valence-electron chi connectivity index (χ0n) is 17.5. The Bertz CT molecular complexity index is 862. The Balaban J connectivity index is 1.39. The largest absolute Gasteiger partial charge is 0.347 e. The van der Waals surface area contributed by atoms with Crippen LogP contribution >= 0.6 is 0 Å². The average molecular weight is 438 g/mol. The molecule has 0 saturated heterocycles. The molecule has 3 rings (SSSR count). The molecule has 1 fully saturated rings. The summed E-state index contributed by atoms with van der Waals surface area (Å²) in [5.41, 5.74) is 1.10. The molecule has 0 spiro atoms. The summed E-state index contributed by atoms with van der Waals surface area (Å²) in [7, 11) is 0. The monoisotopic (exact) mass is 438 g/mol. The van der Waals surface area contributed by atoms with Crippen molar-refractivity contribution < 1.29 is 19.2 Å². The van der Waals surface area contributed by atoms with Crippen LogP contribution in [0.25, 0.3) is 0 Å². The van der Waals surface area contributed by atoms with Gasteiger partial charge in [-0.1, -0.05) is 6.42 Å². The smallest absolute Gasteiger partial charge is 0.243 e. The molecular weight excluding hydrogens is 412 g/mol. The molecule has 0 bridgehead atoms. The summed E-state index contributed by atoms with van der Waals surface area (Å²) in [4.78, 5) is 56.8. The lowest BCUT2D eigenvalue weighted by Crippen LogP contribution is -2.42. The van der Waals surface area contributed by atoms with Crippen LogP contribution in [0.2, 0.25) is 0 Å². The summed E-state index contributed by atoms with van der Waals surface area (Å²) >= 11 is 0. The Hall–Kier alpha value is -3.82. The Kier molecular flexibility index (Phi) is 8.24. The van der Waals surface area contributed by atoms with Crippen molar-refractivity contribution in [3.63, 3.8) is 0 Å². The second-order valence-corrected chi connectivity index (χ2v) is 7.58. The summed E-state index contributed by atoms with van der Waals surface area (Å²) in [6.45, 7) is -0.314. The van der Waals surface area contributed by atoms with Gasteiger partial charge in [0.25, 0.3) is 0 Å².